The highest BCUT2D eigenvalue weighted by Gasteiger charge is 2.36. The number of ether oxygens (including phenoxy) is 1. The first-order valence-electron chi connectivity index (χ1n) is 5.12. The van der Waals surface area contributed by atoms with Gasteiger partial charge < -0.3 is 9.84 Å². The number of aromatic hydroxyl groups is 1. The summed E-state index contributed by atoms with van der Waals surface area (Å²) in [6.45, 7) is 1.60. The van der Waals surface area contributed by atoms with Gasteiger partial charge in [-0.3, -0.25) is 0 Å². The molecule has 0 aliphatic heterocycles. The van der Waals surface area contributed by atoms with Crippen LogP contribution in [0.1, 0.15) is 22.8 Å². The van der Waals surface area contributed by atoms with Crippen molar-refractivity contribution in [1.29, 1.82) is 0 Å². The fourth-order valence-corrected chi connectivity index (χ4v) is 2.39. The lowest BCUT2D eigenvalue weighted by Crippen LogP contribution is -2.10. The van der Waals surface area contributed by atoms with Gasteiger partial charge >= 0.3 is 12.1 Å². The van der Waals surface area contributed by atoms with Crippen LogP contribution in [0, 0.1) is 0 Å². The van der Waals surface area contributed by atoms with E-state index in [9.17, 15) is 23.1 Å². The summed E-state index contributed by atoms with van der Waals surface area (Å²) in [6, 6.07) is 1.61. The molecule has 0 amide bonds. The van der Waals surface area contributed by atoms with Crippen molar-refractivity contribution < 1.29 is 27.8 Å². The van der Waals surface area contributed by atoms with Crippen LogP contribution in [-0.4, -0.2) is 22.9 Å². The molecule has 8 heteroatoms. The standard InChI is InChI=1S/C11H10ClF3O3S/c1-2-18-10(17)6-3-4-7(11(13,14)15)9(8(6)16)19-5-12/h3-4,16H,2,5H2,1H3. The van der Waals surface area contributed by atoms with Crippen LogP contribution in [0.3, 0.4) is 0 Å². The SMILES string of the molecule is CCOC(=O)c1ccc(C(F)(F)F)c(SCCl)c1O. The number of hydrogen-bond acceptors (Lipinski definition) is 4. The number of phenols is 1. The first-order chi connectivity index (χ1) is 8.82. The number of halogens is 4. The van der Waals surface area contributed by atoms with Crippen LogP contribution in [0.15, 0.2) is 17.0 Å². The number of benzene rings is 1. The lowest BCUT2D eigenvalue weighted by molar-refractivity contribution is -0.139. The lowest BCUT2D eigenvalue weighted by atomic mass is 10.1. The summed E-state index contributed by atoms with van der Waals surface area (Å²) in [5, 5.41) is 9.59. The van der Waals surface area contributed by atoms with Gasteiger partial charge in [-0.15, -0.1) is 23.4 Å². The third kappa shape index (κ3) is 3.70. The molecule has 0 bridgehead atoms. The second-order valence-electron chi connectivity index (χ2n) is 3.31. The predicted octanol–water partition coefficient (Wildman–Crippen LogP) is 3.88. The fraction of sp³-hybridized carbons (Fsp3) is 0.364. The molecule has 0 saturated carbocycles. The minimum absolute atomic E-state index is 0.0529. The van der Waals surface area contributed by atoms with Crippen LogP contribution in [0.25, 0.3) is 0 Å². The predicted molar refractivity (Wildman–Crippen MR) is 65.6 cm³/mol. The van der Waals surface area contributed by atoms with E-state index in [-0.39, 0.29) is 17.4 Å². The topological polar surface area (TPSA) is 46.5 Å². The van der Waals surface area contributed by atoms with E-state index in [0.717, 1.165) is 12.1 Å². The summed E-state index contributed by atoms with van der Waals surface area (Å²) in [7, 11) is 0. The van der Waals surface area contributed by atoms with Crippen LogP contribution in [0.4, 0.5) is 13.2 Å². The molecule has 0 unspecified atom stereocenters. The Bertz CT molecular complexity index is 477. The third-order valence-electron chi connectivity index (χ3n) is 2.13. The van der Waals surface area contributed by atoms with Gasteiger partial charge in [0.1, 0.15) is 11.3 Å². The highest BCUT2D eigenvalue weighted by molar-refractivity contribution is 8.00. The van der Waals surface area contributed by atoms with Crippen molar-refractivity contribution in [3.8, 4) is 5.75 Å². The Morgan fingerprint density at radius 1 is 1.47 bits per heavy atom. The number of alkyl halides is 4. The molecule has 0 aliphatic rings. The molecule has 0 aliphatic carbocycles. The van der Waals surface area contributed by atoms with Crippen molar-refractivity contribution in [3.05, 3.63) is 23.3 Å². The van der Waals surface area contributed by atoms with E-state index in [2.05, 4.69) is 4.74 Å². The number of thioether (sulfide) groups is 1. The number of esters is 1. The lowest BCUT2D eigenvalue weighted by Gasteiger charge is -2.15. The molecule has 1 rings (SSSR count). The molecule has 0 radical (unpaired) electrons. The Balaban J connectivity index is 3.35. The molecule has 0 atom stereocenters. The van der Waals surface area contributed by atoms with Gasteiger partial charge in [-0.05, 0) is 19.1 Å². The fourth-order valence-electron chi connectivity index (χ4n) is 1.37. The Labute approximate surface area is 116 Å². The van der Waals surface area contributed by atoms with Gasteiger partial charge in [0.2, 0.25) is 0 Å². The first kappa shape index (κ1) is 16.0. The summed E-state index contributed by atoms with van der Waals surface area (Å²) in [5.41, 5.74) is -1.36. The minimum Gasteiger partial charge on any atom is -0.506 e. The second-order valence-corrected chi connectivity index (χ2v) is 4.88. The van der Waals surface area contributed by atoms with Gasteiger partial charge in [-0.2, -0.15) is 13.2 Å². The summed E-state index contributed by atoms with van der Waals surface area (Å²) < 4.78 is 42.9. The zero-order valence-electron chi connectivity index (χ0n) is 9.75. The first-order valence-corrected chi connectivity index (χ1v) is 6.64. The van der Waals surface area contributed by atoms with Crippen molar-refractivity contribution in [2.24, 2.45) is 0 Å². The average Bonchev–Trinajstić information content (AvgIpc) is 2.30. The molecular weight excluding hydrogens is 305 g/mol. The van der Waals surface area contributed by atoms with Crippen molar-refractivity contribution in [2.75, 3.05) is 11.8 Å². The summed E-state index contributed by atoms with van der Waals surface area (Å²) in [4.78, 5) is 11.0. The van der Waals surface area contributed by atoms with Gasteiger partial charge in [-0.25, -0.2) is 4.79 Å². The van der Waals surface area contributed by atoms with E-state index in [1.807, 2.05) is 0 Å². The van der Waals surface area contributed by atoms with Crippen molar-refractivity contribution in [3.63, 3.8) is 0 Å². The molecule has 106 valence electrons. The van der Waals surface area contributed by atoms with Gasteiger partial charge in [0.15, 0.2) is 0 Å². The van der Waals surface area contributed by atoms with E-state index in [4.69, 9.17) is 11.6 Å². The van der Waals surface area contributed by atoms with E-state index in [1.54, 1.807) is 6.92 Å². The van der Waals surface area contributed by atoms with Crippen LogP contribution >= 0.6 is 23.4 Å². The summed E-state index contributed by atoms with van der Waals surface area (Å²) >= 11 is 5.98. The zero-order chi connectivity index (χ0) is 14.6. The number of phenolic OH excluding ortho intramolecular Hbond substituents is 1. The average molecular weight is 315 g/mol. The highest BCUT2D eigenvalue weighted by atomic mass is 35.5. The highest BCUT2D eigenvalue weighted by Crippen LogP contribution is 2.43. The quantitative estimate of drug-likeness (QED) is 0.520. The minimum atomic E-state index is -4.64. The normalized spacial score (nSPS) is 11.4. The second kappa shape index (κ2) is 6.38. The maximum Gasteiger partial charge on any atom is 0.417 e. The Morgan fingerprint density at radius 3 is 2.58 bits per heavy atom. The van der Waals surface area contributed by atoms with Crippen molar-refractivity contribution in [1.82, 2.24) is 0 Å². The molecule has 1 aromatic rings. The zero-order valence-corrected chi connectivity index (χ0v) is 11.3. The third-order valence-corrected chi connectivity index (χ3v) is 3.27. The van der Waals surface area contributed by atoms with Gasteiger partial charge in [0, 0.05) is 0 Å². The molecule has 1 aromatic carbocycles. The van der Waals surface area contributed by atoms with Gasteiger partial charge in [0.25, 0.3) is 0 Å². The van der Waals surface area contributed by atoms with E-state index in [0.29, 0.717) is 11.8 Å². The Hall–Kier alpha value is -1.08. The van der Waals surface area contributed by atoms with Crippen molar-refractivity contribution in [2.45, 2.75) is 18.0 Å². The maximum absolute atomic E-state index is 12.7. The van der Waals surface area contributed by atoms with E-state index >= 15 is 0 Å². The molecule has 0 heterocycles. The van der Waals surface area contributed by atoms with Crippen LogP contribution in [0.5, 0.6) is 5.75 Å². The molecule has 0 aromatic heterocycles. The molecule has 0 spiro atoms. The van der Waals surface area contributed by atoms with Crippen LogP contribution < -0.4 is 0 Å². The number of hydrogen-bond donors (Lipinski definition) is 1. The van der Waals surface area contributed by atoms with Crippen LogP contribution in [-0.2, 0) is 10.9 Å². The number of carbonyl (C=O) groups is 1. The summed E-state index contributed by atoms with van der Waals surface area (Å²) in [5.74, 6) is -1.65. The summed E-state index contributed by atoms with van der Waals surface area (Å²) in [6.07, 6.45) is -4.64. The molecule has 0 saturated heterocycles. The smallest absolute Gasteiger partial charge is 0.417 e. The van der Waals surface area contributed by atoms with Gasteiger partial charge in [-0.1, -0.05) is 0 Å². The monoisotopic (exact) mass is 314 g/mol. The molecular formula is C11H10ClF3O3S. The maximum atomic E-state index is 12.7. The number of carbonyl (C=O) groups excluding carboxylic acids is 1. The Kier molecular flexibility index (Phi) is 5.37. The largest absolute Gasteiger partial charge is 0.506 e. The van der Waals surface area contributed by atoms with E-state index < -0.39 is 28.4 Å². The number of rotatable bonds is 4. The molecule has 0 fully saturated rings. The van der Waals surface area contributed by atoms with E-state index in [1.165, 1.54) is 0 Å². The molecule has 1 N–H and O–H groups in total. The van der Waals surface area contributed by atoms with Gasteiger partial charge in [0.05, 0.1) is 22.3 Å². The van der Waals surface area contributed by atoms with Crippen LogP contribution in [0.2, 0.25) is 0 Å². The van der Waals surface area contributed by atoms with Crippen molar-refractivity contribution >= 4 is 29.3 Å². The molecule has 3 nitrogen and oxygen atoms in total. The molecule has 19 heavy (non-hydrogen) atoms. The Morgan fingerprint density at radius 2 is 2.11 bits per heavy atom.